The van der Waals surface area contributed by atoms with Gasteiger partial charge in [-0.15, -0.1) is 5.10 Å². The maximum atomic E-state index is 12.4. The first-order valence-corrected chi connectivity index (χ1v) is 9.12. The highest BCUT2D eigenvalue weighted by Crippen LogP contribution is 2.14. The molecule has 3 aromatic rings. The van der Waals surface area contributed by atoms with Crippen molar-refractivity contribution in [3.05, 3.63) is 60.2 Å². The predicted molar refractivity (Wildman–Crippen MR) is 100 cm³/mol. The quantitative estimate of drug-likeness (QED) is 0.767. The highest BCUT2D eigenvalue weighted by molar-refractivity contribution is 5.79. The van der Waals surface area contributed by atoms with Crippen LogP contribution in [0.3, 0.4) is 0 Å². The van der Waals surface area contributed by atoms with Gasteiger partial charge < -0.3 is 5.32 Å². The van der Waals surface area contributed by atoms with Crippen molar-refractivity contribution in [2.75, 3.05) is 13.1 Å². The van der Waals surface area contributed by atoms with Crippen LogP contribution in [-0.4, -0.2) is 44.9 Å². The van der Waals surface area contributed by atoms with E-state index in [1.807, 2.05) is 30.3 Å². The summed E-state index contributed by atoms with van der Waals surface area (Å²) in [6.07, 6.45) is 1.97. The number of piperidine rings is 1. The van der Waals surface area contributed by atoms with Crippen molar-refractivity contribution in [1.29, 1.82) is 0 Å². The average Bonchev–Trinajstić information content (AvgIpc) is 3.07. The Bertz CT molecular complexity index is 868. The number of nitrogens with zero attached hydrogens (tertiary/aromatic N) is 4. The van der Waals surface area contributed by atoms with E-state index in [9.17, 15) is 4.79 Å². The van der Waals surface area contributed by atoms with Gasteiger partial charge in [-0.3, -0.25) is 9.69 Å². The molecule has 4 rings (SSSR count). The number of hydrogen-bond donors (Lipinski definition) is 1. The van der Waals surface area contributed by atoms with Gasteiger partial charge in [-0.1, -0.05) is 47.7 Å². The normalized spacial score (nSPS) is 16.0. The van der Waals surface area contributed by atoms with Crippen LogP contribution in [-0.2, 0) is 17.9 Å². The van der Waals surface area contributed by atoms with Crippen LogP contribution in [0.25, 0.3) is 11.0 Å². The zero-order valence-electron chi connectivity index (χ0n) is 14.7. The molecule has 0 aliphatic carbocycles. The minimum Gasteiger partial charge on any atom is -0.352 e. The maximum absolute atomic E-state index is 12.4. The molecule has 1 aliphatic rings. The monoisotopic (exact) mass is 349 g/mol. The van der Waals surface area contributed by atoms with Gasteiger partial charge in [0, 0.05) is 25.7 Å². The molecule has 6 nitrogen and oxygen atoms in total. The van der Waals surface area contributed by atoms with Crippen LogP contribution >= 0.6 is 0 Å². The Kier molecular flexibility index (Phi) is 4.93. The molecule has 1 amide bonds. The molecule has 0 saturated carbocycles. The molecule has 26 heavy (non-hydrogen) atoms. The Labute approximate surface area is 152 Å². The Morgan fingerprint density at radius 3 is 2.58 bits per heavy atom. The lowest BCUT2D eigenvalue weighted by molar-refractivity contribution is -0.122. The van der Waals surface area contributed by atoms with Crippen molar-refractivity contribution < 1.29 is 4.79 Å². The fourth-order valence-electron chi connectivity index (χ4n) is 3.52. The van der Waals surface area contributed by atoms with E-state index in [4.69, 9.17) is 0 Å². The van der Waals surface area contributed by atoms with Gasteiger partial charge >= 0.3 is 0 Å². The zero-order chi connectivity index (χ0) is 17.8. The second kappa shape index (κ2) is 7.66. The summed E-state index contributed by atoms with van der Waals surface area (Å²) in [5, 5.41) is 11.3. The third kappa shape index (κ3) is 3.91. The molecule has 1 aliphatic heterocycles. The smallest absolute Gasteiger partial charge is 0.242 e. The number of nitrogens with one attached hydrogen (secondary N) is 1. The topological polar surface area (TPSA) is 63.1 Å². The number of benzene rings is 2. The van der Waals surface area contributed by atoms with Gasteiger partial charge in [0.2, 0.25) is 5.91 Å². The fourth-order valence-corrected chi connectivity index (χ4v) is 3.52. The molecular formula is C20H23N5O. The van der Waals surface area contributed by atoms with E-state index in [0.29, 0.717) is 0 Å². The van der Waals surface area contributed by atoms with Crippen LogP contribution < -0.4 is 5.32 Å². The second-order valence-electron chi connectivity index (χ2n) is 6.84. The number of carbonyl (C=O) groups excluding carboxylic acids is 1. The number of carbonyl (C=O) groups is 1. The lowest BCUT2D eigenvalue weighted by Crippen LogP contribution is -2.45. The first kappa shape index (κ1) is 16.7. The number of rotatable bonds is 5. The summed E-state index contributed by atoms with van der Waals surface area (Å²) in [5.74, 6) is 0.00200. The molecule has 0 atom stereocenters. The number of hydrogen-bond acceptors (Lipinski definition) is 4. The first-order chi connectivity index (χ1) is 12.8. The molecule has 0 radical (unpaired) electrons. The highest BCUT2D eigenvalue weighted by atomic mass is 16.2. The van der Waals surface area contributed by atoms with Crippen molar-refractivity contribution in [3.63, 3.8) is 0 Å². The van der Waals surface area contributed by atoms with Crippen LogP contribution in [0.1, 0.15) is 18.4 Å². The van der Waals surface area contributed by atoms with E-state index in [-0.39, 0.29) is 18.5 Å². The molecule has 2 heterocycles. The van der Waals surface area contributed by atoms with E-state index in [0.717, 1.165) is 43.5 Å². The van der Waals surface area contributed by atoms with Crippen molar-refractivity contribution in [2.24, 2.45) is 0 Å². The van der Waals surface area contributed by atoms with E-state index < -0.39 is 0 Å². The van der Waals surface area contributed by atoms with Gasteiger partial charge in [-0.2, -0.15) is 0 Å². The van der Waals surface area contributed by atoms with Crippen LogP contribution in [0, 0.1) is 0 Å². The third-order valence-corrected chi connectivity index (χ3v) is 4.92. The number of aromatic nitrogens is 3. The summed E-state index contributed by atoms with van der Waals surface area (Å²) in [6.45, 7) is 3.20. The van der Waals surface area contributed by atoms with E-state index in [1.165, 1.54) is 5.56 Å². The number of para-hydroxylation sites is 1. The summed E-state index contributed by atoms with van der Waals surface area (Å²) in [6, 6.07) is 18.5. The Hall–Kier alpha value is -2.73. The third-order valence-electron chi connectivity index (χ3n) is 4.92. The van der Waals surface area contributed by atoms with Gasteiger partial charge in [-0.05, 0) is 30.5 Å². The molecule has 1 saturated heterocycles. The zero-order valence-corrected chi connectivity index (χ0v) is 14.7. The minimum atomic E-state index is 0.00200. The Balaban J connectivity index is 1.27. The van der Waals surface area contributed by atoms with Gasteiger partial charge in [-0.25, -0.2) is 4.68 Å². The fraction of sp³-hybridized carbons (Fsp3) is 0.350. The van der Waals surface area contributed by atoms with Crippen LogP contribution in [0.15, 0.2) is 54.6 Å². The molecular weight excluding hydrogens is 326 g/mol. The SMILES string of the molecule is O=C(Cn1nnc2ccccc21)NC1CCN(Cc2ccccc2)CC1. The van der Waals surface area contributed by atoms with Gasteiger partial charge in [0.25, 0.3) is 0 Å². The van der Waals surface area contributed by atoms with Gasteiger partial charge in [0.1, 0.15) is 12.1 Å². The minimum absolute atomic E-state index is 0.00200. The van der Waals surface area contributed by atoms with Crippen molar-refractivity contribution in [2.45, 2.75) is 32.0 Å². The summed E-state index contributed by atoms with van der Waals surface area (Å²) in [7, 11) is 0. The van der Waals surface area contributed by atoms with Crippen molar-refractivity contribution in [1.82, 2.24) is 25.2 Å². The standard InChI is InChI=1S/C20H23N5O/c26-20(15-25-19-9-5-4-8-18(19)22-23-25)21-17-10-12-24(13-11-17)14-16-6-2-1-3-7-16/h1-9,17H,10-15H2,(H,21,26). The number of likely N-dealkylation sites (tertiary alicyclic amines) is 1. The van der Waals surface area contributed by atoms with E-state index in [1.54, 1.807) is 4.68 Å². The molecule has 1 N–H and O–H groups in total. The number of amides is 1. The summed E-state index contributed by atoms with van der Waals surface area (Å²) < 4.78 is 1.66. The molecule has 1 aromatic heterocycles. The predicted octanol–water partition coefficient (Wildman–Crippen LogP) is 2.21. The molecule has 2 aromatic carbocycles. The summed E-state index contributed by atoms with van der Waals surface area (Å²) >= 11 is 0. The Morgan fingerprint density at radius 2 is 1.77 bits per heavy atom. The lowest BCUT2D eigenvalue weighted by Gasteiger charge is -2.32. The van der Waals surface area contributed by atoms with Crippen LogP contribution in [0.4, 0.5) is 0 Å². The highest BCUT2D eigenvalue weighted by Gasteiger charge is 2.21. The molecule has 0 unspecified atom stereocenters. The largest absolute Gasteiger partial charge is 0.352 e. The molecule has 134 valence electrons. The molecule has 0 bridgehead atoms. The molecule has 1 fully saturated rings. The van der Waals surface area contributed by atoms with E-state index in [2.05, 4.69) is 44.8 Å². The maximum Gasteiger partial charge on any atom is 0.242 e. The average molecular weight is 349 g/mol. The number of fused-ring (bicyclic) bond motifs is 1. The first-order valence-electron chi connectivity index (χ1n) is 9.12. The molecule has 6 heteroatoms. The van der Waals surface area contributed by atoms with Gasteiger partial charge in [0.15, 0.2) is 0 Å². The van der Waals surface area contributed by atoms with Crippen LogP contribution in [0.2, 0.25) is 0 Å². The van der Waals surface area contributed by atoms with E-state index >= 15 is 0 Å². The van der Waals surface area contributed by atoms with Crippen molar-refractivity contribution >= 4 is 16.9 Å². The lowest BCUT2D eigenvalue weighted by atomic mass is 10.0. The van der Waals surface area contributed by atoms with Crippen molar-refractivity contribution in [3.8, 4) is 0 Å². The molecule has 0 spiro atoms. The summed E-state index contributed by atoms with van der Waals surface area (Å²) in [5.41, 5.74) is 3.04. The van der Waals surface area contributed by atoms with Crippen LogP contribution in [0.5, 0.6) is 0 Å². The Morgan fingerprint density at radius 1 is 1.04 bits per heavy atom. The summed E-state index contributed by atoms with van der Waals surface area (Å²) in [4.78, 5) is 14.8. The van der Waals surface area contributed by atoms with Gasteiger partial charge in [0.05, 0.1) is 5.52 Å². The second-order valence-corrected chi connectivity index (χ2v) is 6.84.